The molecule has 2 aromatic rings. The van der Waals surface area contributed by atoms with Gasteiger partial charge >= 0.3 is 5.69 Å². The van der Waals surface area contributed by atoms with Gasteiger partial charge in [-0.15, -0.1) is 0 Å². The highest BCUT2D eigenvalue weighted by Crippen LogP contribution is 2.35. The fourth-order valence-corrected chi connectivity index (χ4v) is 2.00. The van der Waals surface area contributed by atoms with Crippen molar-refractivity contribution in [2.24, 2.45) is 0 Å². The highest BCUT2D eigenvalue weighted by atomic mass is 16.6. The summed E-state index contributed by atoms with van der Waals surface area (Å²) in [6, 6.07) is 7.00. The molecule has 0 spiro atoms. The monoisotopic (exact) mass is 272 g/mol. The van der Waals surface area contributed by atoms with Crippen LogP contribution in [0.15, 0.2) is 36.7 Å². The van der Waals surface area contributed by atoms with Gasteiger partial charge in [-0.05, 0) is 44.0 Å². The minimum absolute atomic E-state index is 0.0103. The van der Waals surface area contributed by atoms with E-state index in [1.807, 2.05) is 32.9 Å². The Morgan fingerprint density at radius 1 is 1.35 bits per heavy atom. The molecule has 0 aliphatic heterocycles. The average molecular weight is 272 g/mol. The minimum atomic E-state index is -0.419. The molecule has 1 heterocycles. The Labute approximate surface area is 117 Å². The first kappa shape index (κ1) is 14.0. The normalized spacial score (nSPS) is 10.6. The second kappa shape index (κ2) is 5.69. The third-order valence-electron chi connectivity index (χ3n) is 2.84. The zero-order chi connectivity index (χ0) is 14.7. The van der Waals surface area contributed by atoms with Crippen LogP contribution in [0.5, 0.6) is 5.75 Å². The predicted octanol–water partition coefficient (Wildman–Crippen LogP) is 3.75. The van der Waals surface area contributed by atoms with Gasteiger partial charge in [0.15, 0.2) is 5.75 Å². The Morgan fingerprint density at radius 3 is 2.65 bits per heavy atom. The van der Waals surface area contributed by atoms with Crippen molar-refractivity contribution in [1.82, 2.24) is 4.98 Å². The molecule has 5 heteroatoms. The Kier molecular flexibility index (Phi) is 3.98. The van der Waals surface area contributed by atoms with E-state index in [1.165, 1.54) is 0 Å². The van der Waals surface area contributed by atoms with Gasteiger partial charge in [0.05, 0.1) is 11.0 Å². The maximum Gasteiger partial charge on any atom is 0.311 e. The molecule has 0 saturated heterocycles. The SMILES string of the molecule is Cc1cc([N+](=O)[O-])c(OC(C)C)cc1-c1cccnc1. The average Bonchev–Trinajstić information content (AvgIpc) is 2.40. The number of rotatable bonds is 4. The number of aryl methyl sites for hydroxylation is 1. The number of nitro groups is 1. The van der Waals surface area contributed by atoms with Crippen LogP contribution in [-0.4, -0.2) is 16.0 Å². The zero-order valence-electron chi connectivity index (χ0n) is 11.7. The molecule has 1 aromatic carbocycles. The molecule has 20 heavy (non-hydrogen) atoms. The van der Waals surface area contributed by atoms with Crippen LogP contribution in [0.3, 0.4) is 0 Å². The lowest BCUT2D eigenvalue weighted by molar-refractivity contribution is -0.386. The second-order valence-corrected chi connectivity index (χ2v) is 4.80. The maximum atomic E-state index is 11.1. The molecule has 1 aromatic heterocycles. The Morgan fingerprint density at radius 2 is 2.10 bits per heavy atom. The van der Waals surface area contributed by atoms with Crippen molar-refractivity contribution in [2.75, 3.05) is 0 Å². The lowest BCUT2D eigenvalue weighted by Gasteiger charge is -2.13. The molecule has 0 fully saturated rings. The van der Waals surface area contributed by atoms with Gasteiger partial charge in [0.2, 0.25) is 0 Å². The van der Waals surface area contributed by atoms with Crippen LogP contribution in [0, 0.1) is 17.0 Å². The number of pyridine rings is 1. The first-order valence-electron chi connectivity index (χ1n) is 6.35. The van der Waals surface area contributed by atoms with E-state index in [0.717, 1.165) is 16.7 Å². The van der Waals surface area contributed by atoms with Gasteiger partial charge in [-0.25, -0.2) is 0 Å². The predicted molar refractivity (Wildman–Crippen MR) is 76.8 cm³/mol. The van der Waals surface area contributed by atoms with Crippen molar-refractivity contribution in [1.29, 1.82) is 0 Å². The van der Waals surface area contributed by atoms with Gasteiger partial charge < -0.3 is 4.74 Å². The molecule has 0 aliphatic rings. The number of aromatic nitrogens is 1. The largest absolute Gasteiger partial charge is 0.484 e. The molecule has 2 rings (SSSR count). The van der Waals surface area contributed by atoms with E-state index < -0.39 is 4.92 Å². The molecule has 0 bridgehead atoms. The number of ether oxygens (including phenoxy) is 1. The summed E-state index contributed by atoms with van der Waals surface area (Å²) in [5.41, 5.74) is 2.61. The van der Waals surface area contributed by atoms with E-state index in [0.29, 0.717) is 0 Å². The van der Waals surface area contributed by atoms with Crippen molar-refractivity contribution >= 4 is 5.69 Å². The van der Waals surface area contributed by atoms with Crippen LogP contribution in [0.2, 0.25) is 0 Å². The number of hydrogen-bond donors (Lipinski definition) is 0. The fourth-order valence-electron chi connectivity index (χ4n) is 2.00. The third kappa shape index (κ3) is 2.93. The summed E-state index contributed by atoms with van der Waals surface area (Å²) in [6.45, 7) is 5.52. The van der Waals surface area contributed by atoms with Crippen LogP contribution in [0.4, 0.5) is 5.69 Å². The summed E-state index contributed by atoms with van der Waals surface area (Å²) in [5, 5.41) is 11.1. The summed E-state index contributed by atoms with van der Waals surface area (Å²) in [4.78, 5) is 14.8. The maximum absolute atomic E-state index is 11.1. The van der Waals surface area contributed by atoms with Crippen molar-refractivity contribution in [3.8, 4) is 16.9 Å². The molecule has 0 unspecified atom stereocenters. The Balaban J connectivity index is 2.57. The summed E-state index contributed by atoms with van der Waals surface area (Å²) in [6.07, 6.45) is 3.29. The van der Waals surface area contributed by atoms with Gasteiger partial charge in [0.1, 0.15) is 0 Å². The van der Waals surface area contributed by atoms with Crippen molar-refractivity contribution in [2.45, 2.75) is 26.9 Å². The second-order valence-electron chi connectivity index (χ2n) is 4.80. The van der Waals surface area contributed by atoms with Gasteiger partial charge in [-0.2, -0.15) is 0 Å². The van der Waals surface area contributed by atoms with Gasteiger partial charge in [-0.1, -0.05) is 6.07 Å². The molecule has 0 radical (unpaired) electrons. The van der Waals surface area contributed by atoms with Crippen LogP contribution in [0.1, 0.15) is 19.4 Å². The first-order chi connectivity index (χ1) is 9.49. The van der Waals surface area contributed by atoms with Gasteiger partial charge in [-0.3, -0.25) is 15.1 Å². The lowest BCUT2D eigenvalue weighted by Crippen LogP contribution is -2.08. The first-order valence-corrected chi connectivity index (χ1v) is 6.35. The van der Waals surface area contributed by atoms with Crippen molar-refractivity contribution in [3.05, 3.63) is 52.3 Å². The number of benzene rings is 1. The van der Waals surface area contributed by atoms with E-state index in [9.17, 15) is 10.1 Å². The van der Waals surface area contributed by atoms with Crippen LogP contribution < -0.4 is 4.74 Å². The van der Waals surface area contributed by atoms with E-state index in [1.54, 1.807) is 24.5 Å². The van der Waals surface area contributed by atoms with E-state index >= 15 is 0 Å². The molecule has 0 saturated carbocycles. The molecular weight excluding hydrogens is 256 g/mol. The van der Waals surface area contributed by atoms with E-state index in [-0.39, 0.29) is 17.5 Å². The van der Waals surface area contributed by atoms with Crippen molar-refractivity contribution in [3.63, 3.8) is 0 Å². The topological polar surface area (TPSA) is 65.3 Å². The summed E-state index contributed by atoms with van der Waals surface area (Å²) in [5.74, 6) is 0.287. The van der Waals surface area contributed by atoms with Crippen molar-refractivity contribution < 1.29 is 9.66 Å². The standard InChI is InChI=1S/C15H16N2O3/c1-10(2)20-15-8-13(12-5-4-6-16-9-12)11(3)7-14(15)17(18)19/h4-10H,1-3H3. The quantitative estimate of drug-likeness (QED) is 0.628. The fraction of sp³-hybridized carbons (Fsp3) is 0.267. The highest BCUT2D eigenvalue weighted by molar-refractivity contribution is 5.71. The molecule has 0 N–H and O–H groups in total. The highest BCUT2D eigenvalue weighted by Gasteiger charge is 2.19. The Hall–Kier alpha value is -2.43. The van der Waals surface area contributed by atoms with Gasteiger partial charge in [0.25, 0.3) is 0 Å². The lowest BCUT2D eigenvalue weighted by atomic mass is 10.0. The number of hydrogen-bond acceptors (Lipinski definition) is 4. The molecular formula is C15H16N2O3. The zero-order valence-corrected chi connectivity index (χ0v) is 11.7. The van der Waals surface area contributed by atoms with Crippen LogP contribution in [-0.2, 0) is 0 Å². The Bertz CT molecular complexity index is 625. The smallest absolute Gasteiger partial charge is 0.311 e. The number of nitro benzene ring substituents is 1. The molecule has 5 nitrogen and oxygen atoms in total. The molecule has 0 amide bonds. The van der Waals surface area contributed by atoms with Gasteiger partial charge in [0, 0.05) is 24.0 Å². The summed E-state index contributed by atoms with van der Waals surface area (Å²) < 4.78 is 5.56. The minimum Gasteiger partial charge on any atom is -0.484 e. The third-order valence-corrected chi connectivity index (χ3v) is 2.84. The molecule has 0 atom stereocenters. The number of nitrogens with zero attached hydrogens (tertiary/aromatic N) is 2. The van der Waals surface area contributed by atoms with Crippen LogP contribution >= 0.6 is 0 Å². The van der Waals surface area contributed by atoms with Crippen LogP contribution in [0.25, 0.3) is 11.1 Å². The summed E-state index contributed by atoms with van der Waals surface area (Å²) in [7, 11) is 0. The molecule has 0 aliphatic carbocycles. The van der Waals surface area contributed by atoms with E-state index in [2.05, 4.69) is 4.98 Å². The van der Waals surface area contributed by atoms with E-state index in [4.69, 9.17) is 4.74 Å². The molecule has 104 valence electrons. The summed E-state index contributed by atoms with van der Waals surface area (Å²) >= 11 is 0.